The molecule has 0 saturated carbocycles. The number of methoxy groups -OCH3 is 2. The van der Waals surface area contributed by atoms with Crippen LogP contribution in [0.15, 0.2) is 146 Å². The third kappa shape index (κ3) is 7.48. The molecule has 54 heavy (non-hydrogen) atoms. The Morgan fingerprint density at radius 1 is 0.463 bits per heavy atom. The maximum atomic E-state index is 16.3. The highest BCUT2D eigenvalue weighted by atomic mass is 35.5. The summed E-state index contributed by atoms with van der Waals surface area (Å²) in [5, 5.41) is 2.35. The van der Waals surface area contributed by atoms with Crippen LogP contribution in [0.2, 0.25) is 10.0 Å². The number of rotatable bonds is 13. The minimum atomic E-state index is -3.91. The number of esters is 2. The van der Waals surface area contributed by atoms with Crippen LogP contribution in [0.25, 0.3) is 11.1 Å². The quantitative estimate of drug-likeness (QED) is 0.0906. The molecule has 0 amide bonds. The third-order valence-electron chi connectivity index (χ3n) is 8.71. The molecule has 0 fully saturated rings. The van der Waals surface area contributed by atoms with Crippen molar-refractivity contribution in [1.29, 1.82) is 0 Å². The van der Waals surface area contributed by atoms with Crippen molar-refractivity contribution < 1.29 is 37.7 Å². The van der Waals surface area contributed by atoms with Gasteiger partial charge in [0.15, 0.2) is 27.5 Å². The van der Waals surface area contributed by atoms with Crippen LogP contribution in [0.5, 0.6) is 11.5 Å². The molecular weight excluding hydrogens is 765 g/mol. The Hall–Kier alpha value is -5.10. The fourth-order valence-electron chi connectivity index (χ4n) is 6.17. The summed E-state index contributed by atoms with van der Waals surface area (Å²) in [6.45, 7) is -1.17. The predicted octanol–water partition coefficient (Wildman–Crippen LogP) is 7.04. The molecule has 6 rings (SSSR count). The van der Waals surface area contributed by atoms with Gasteiger partial charge in [0, 0.05) is 43.0 Å². The van der Waals surface area contributed by atoms with Crippen LogP contribution in [0.3, 0.4) is 0 Å². The molecule has 8 nitrogen and oxygen atoms in total. The number of carbonyl (C=O) groups excluding carboxylic acids is 2. The minimum absolute atomic E-state index is 0.0319. The fraction of sp³-hybridized carbons (Fsp3) is 0.0952. The summed E-state index contributed by atoms with van der Waals surface area (Å²) in [6.07, 6.45) is 0. The maximum absolute atomic E-state index is 16.3. The first-order valence-electron chi connectivity index (χ1n) is 16.6. The highest BCUT2D eigenvalue weighted by Crippen LogP contribution is 2.55. The molecule has 0 saturated heterocycles. The van der Waals surface area contributed by atoms with Gasteiger partial charge < -0.3 is 28.1 Å². The largest absolute Gasteiger partial charge is 0.480 e. The Labute approximate surface area is 323 Å². The zero-order chi connectivity index (χ0) is 38.3. The van der Waals surface area contributed by atoms with Crippen LogP contribution in [-0.2, 0) is 28.2 Å². The Balaban J connectivity index is 1.84. The second kappa shape index (κ2) is 16.9. The molecular formula is C42H34Cl2O8P2. The van der Waals surface area contributed by atoms with E-state index in [2.05, 4.69) is 0 Å². The molecule has 0 N–H and O–H groups in total. The molecule has 0 bridgehead atoms. The first-order chi connectivity index (χ1) is 26.1. The van der Waals surface area contributed by atoms with Gasteiger partial charge >= 0.3 is 11.9 Å². The summed E-state index contributed by atoms with van der Waals surface area (Å²) in [7, 11) is -5.39. The van der Waals surface area contributed by atoms with Crippen LogP contribution in [-0.4, -0.2) is 39.4 Å². The molecule has 0 aliphatic carbocycles. The van der Waals surface area contributed by atoms with Gasteiger partial charge in [-0.2, -0.15) is 0 Å². The van der Waals surface area contributed by atoms with Gasteiger partial charge in [-0.25, -0.2) is 9.59 Å². The van der Waals surface area contributed by atoms with Gasteiger partial charge in [0.25, 0.3) is 0 Å². The molecule has 0 radical (unpaired) electrons. The monoisotopic (exact) mass is 798 g/mol. The first-order valence-corrected chi connectivity index (χ1v) is 20.8. The van der Waals surface area contributed by atoms with Gasteiger partial charge in [-0.1, -0.05) is 145 Å². The van der Waals surface area contributed by atoms with Gasteiger partial charge in [0.05, 0.1) is 24.3 Å². The van der Waals surface area contributed by atoms with Crippen LogP contribution in [0, 0.1) is 0 Å². The van der Waals surface area contributed by atoms with Crippen molar-refractivity contribution in [3.05, 3.63) is 156 Å². The van der Waals surface area contributed by atoms with E-state index in [-0.39, 0.29) is 43.3 Å². The van der Waals surface area contributed by atoms with Crippen LogP contribution in [0.1, 0.15) is 0 Å². The van der Waals surface area contributed by atoms with Crippen molar-refractivity contribution in [1.82, 2.24) is 0 Å². The van der Waals surface area contributed by atoms with E-state index in [0.717, 1.165) is 0 Å². The van der Waals surface area contributed by atoms with Crippen molar-refractivity contribution >= 4 is 81.3 Å². The molecule has 0 aliphatic heterocycles. The molecule has 6 aromatic rings. The second-order valence-corrected chi connectivity index (χ2v) is 18.1. The Bertz CT molecular complexity index is 2120. The predicted molar refractivity (Wildman–Crippen MR) is 216 cm³/mol. The molecule has 0 spiro atoms. The number of halogens is 2. The third-order valence-corrected chi connectivity index (χ3v) is 15.5. The van der Waals surface area contributed by atoms with Crippen molar-refractivity contribution in [3.8, 4) is 22.6 Å². The van der Waals surface area contributed by atoms with E-state index in [0.29, 0.717) is 21.2 Å². The Kier molecular flexibility index (Phi) is 12.1. The van der Waals surface area contributed by atoms with Crippen molar-refractivity contribution in [2.45, 2.75) is 0 Å². The number of hydrogen-bond donors (Lipinski definition) is 0. The van der Waals surface area contributed by atoms with Crippen LogP contribution in [0.4, 0.5) is 0 Å². The summed E-state index contributed by atoms with van der Waals surface area (Å²) in [5.41, 5.74) is 0.179. The van der Waals surface area contributed by atoms with Crippen LogP contribution >= 0.6 is 37.5 Å². The summed E-state index contributed by atoms with van der Waals surface area (Å²) >= 11 is 14.0. The summed E-state index contributed by atoms with van der Waals surface area (Å²) in [5.74, 6) is -1.59. The normalized spacial score (nSPS) is 11.4. The zero-order valence-electron chi connectivity index (χ0n) is 29.2. The molecule has 274 valence electrons. The van der Waals surface area contributed by atoms with Crippen molar-refractivity contribution in [2.75, 3.05) is 27.4 Å². The van der Waals surface area contributed by atoms with Gasteiger partial charge in [0.1, 0.15) is 11.5 Å². The van der Waals surface area contributed by atoms with Gasteiger partial charge in [0.2, 0.25) is 0 Å². The van der Waals surface area contributed by atoms with Crippen molar-refractivity contribution in [3.63, 3.8) is 0 Å². The fourth-order valence-corrected chi connectivity index (χ4v) is 12.3. The number of benzene rings is 6. The number of carbonyl (C=O) groups is 2. The smallest absolute Gasteiger partial charge is 0.343 e. The topological polar surface area (TPSA) is 105 Å². The highest BCUT2D eigenvalue weighted by Gasteiger charge is 2.40. The van der Waals surface area contributed by atoms with E-state index in [1.165, 1.54) is 26.4 Å². The Morgan fingerprint density at radius 3 is 1.00 bits per heavy atom. The van der Waals surface area contributed by atoms with Gasteiger partial charge in [-0.15, -0.1) is 0 Å². The van der Waals surface area contributed by atoms with E-state index in [9.17, 15) is 9.59 Å². The number of ether oxygens (including phenoxy) is 4. The molecule has 0 aromatic heterocycles. The first kappa shape index (κ1) is 38.6. The van der Waals surface area contributed by atoms with Gasteiger partial charge in [-0.3, -0.25) is 0 Å². The molecule has 6 aromatic carbocycles. The van der Waals surface area contributed by atoms with Gasteiger partial charge in [-0.05, 0) is 24.3 Å². The highest BCUT2D eigenvalue weighted by molar-refractivity contribution is 7.86. The lowest BCUT2D eigenvalue weighted by molar-refractivity contribution is -0.143. The van der Waals surface area contributed by atoms with E-state index < -0.39 is 39.4 Å². The van der Waals surface area contributed by atoms with Crippen LogP contribution < -0.4 is 41.3 Å². The molecule has 12 heteroatoms. The number of hydrogen-bond acceptors (Lipinski definition) is 8. The minimum Gasteiger partial charge on any atom is -0.480 e. The standard InChI is InChI=1S/C42H34Cl2O8P2/c1-49-37(45)27-51-41-33(43)23-25-35(53(47,29-15-7-3-8-16-29)30-17-9-4-10-18-30)39(41)40-36(26-24-34(44)42(40)52-28-38(46)50-2)54(48,31-19-11-5-12-20-31)32-21-13-6-14-22-32/h3-26H,27-28H2,1-2H3. The zero-order valence-corrected chi connectivity index (χ0v) is 32.5. The molecule has 0 heterocycles. The van der Waals surface area contributed by atoms with Crippen molar-refractivity contribution in [2.24, 2.45) is 0 Å². The average Bonchev–Trinajstić information content (AvgIpc) is 3.23. The van der Waals surface area contributed by atoms with E-state index >= 15 is 9.13 Å². The summed E-state index contributed by atoms with van der Waals surface area (Å²) < 4.78 is 54.7. The van der Waals surface area contributed by atoms with E-state index in [4.69, 9.17) is 42.1 Å². The molecule has 0 unspecified atom stereocenters. The molecule has 0 atom stereocenters. The van der Waals surface area contributed by atoms with E-state index in [1.54, 1.807) is 109 Å². The molecule has 0 aliphatic rings. The SMILES string of the molecule is COC(=O)COc1c(Cl)ccc(P(=O)(c2ccccc2)c2ccccc2)c1-c1c(P(=O)(c2ccccc2)c2ccccc2)ccc(Cl)c1OCC(=O)OC. The Morgan fingerprint density at radius 2 is 0.741 bits per heavy atom. The lowest BCUT2D eigenvalue weighted by Gasteiger charge is -2.29. The second-order valence-electron chi connectivity index (χ2n) is 11.8. The van der Waals surface area contributed by atoms with E-state index in [1.807, 2.05) is 24.3 Å². The summed E-state index contributed by atoms with van der Waals surface area (Å²) in [4.78, 5) is 25.2. The maximum Gasteiger partial charge on any atom is 0.343 e. The lowest BCUT2D eigenvalue weighted by atomic mass is 10.0. The average molecular weight is 800 g/mol. The summed E-state index contributed by atoms with van der Waals surface area (Å²) in [6, 6.07) is 41.9. The lowest BCUT2D eigenvalue weighted by Crippen LogP contribution is -2.31.